The maximum Gasteiger partial charge on any atom is 0.252 e. The molecule has 14 rings (SSSR count). The van der Waals surface area contributed by atoms with Crippen LogP contribution in [0.25, 0.3) is 72.0 Å². The standard InChI is InChI=1S/C68H48BN3/c1-45-38-56(50-24-12-5-13-25-50)67-58(40-45)59-41-46(2)39-57(51-26-14-6-15-27-51)68(59)72(67)55-43-64-66-65(44-55)71(54-35-32-49(33-36-54)47-20-8-3-9-21-47)63-37-34-52(48-22-10-4-11-23-48)42-61(63)69(66)60-30-18-19-31-62(60)70(64)53-28-16-7-17-29-53/h3-44H,1-2H3. The van der Waals surface area contributed by atoms with Gasteiger partial charge in [0.1, 0.15) is 0 Å². The first-order valence-corrected chi connectivity index (χ1v) is 25.0. The van der Waals surface area contributed by atoms with Crippen LogP contribution < -0.4 is 26.2 Å². The monoisotopic (exact) mass is 917 g/mol. The maximum atomic E-state index is 2.61. The zero-order valence-electron chi connectivity index (χ0n) is 40.2. The molecular formula is C68H48BN3. The molecule has 338 valence electrons. The van der Waals surface area contributed by atoms with Gasteiger partial charge >= 0.3 is 0 Å². The van der Waals surface area contributed by atoms with Gasteiger partial charge in [-0.1, -0.05) is 182 Å². The predicted molar refractivity (Wildman–Crippen MR) is 306 cm³/mol. The number of anilines is 6. The minimum atomic E-state index is -0.0538. The van der Waals surface area contributed by atoms with Gasteiger partial charge in [0.05, 0.1) is 16.7 Å². The molecule has 0 amide bonds. The second kappa shape index (κ2) is 16.8. The van der Waals surface area contributed by atoms with Crippen LogP contribution in [0.4, 0.5) is 34.1 Å². The summed E-state index contributed by atoms with van der Waals surface area (Å²) in [5, 5.41) is 2.48. The summed E-state index contributed by atoms with van der Waals surface area (Å²) in [4.78, 5) is 5.07. The third kappa shape index (κ3) is 6.67. The van der Waals surface area contributed by atoms with E-state index < -0.39 is 0 Å². The fraction of sp³-hybridized carbons (Fsp3) is 0.0294. The smallest absolute Gasteiger partial charge is 0.252 e. The van der Waals surface area contributed by atoms with Gasteiger partial charge in [-0.2, -0.15) is 0 Å². The van der Waals surface area contributed by atoms with Crippen LogP contribution in [0.2, 0.25) is 0 Å². The number of benzene rings is 11. The molecule has 1 aromatic heterocycles. The Morgan fingerprint density at radius 3 is 1.25 bits per heavy atom. The average Bonchev–Trinajstić information content (AvgIpc) is 3.77. The topological polar surface area (TPSA) is 11.4 Å². The molecule has 2 aliphatic rings. The van der Waals surface area contributed by atoms with Crippen molar-refractivity contribution in [3.05, 3.63) is 266 Å². The summed E-state index contributed by atoms with van der Waals surface area (Å²) in [5.41, 5.74) is 26.3. The van der Waals surface area contributed by atoms with E-state index >= 15 is 0 Å². The molecule has 72 heavy (non-hydrogen) atoms. The quantitative estimate of drug-likeness (QED) is 0.148. The van der Waals surface area contributed by atoms with Gasteiger partial charge in [-0.05, 0) is 148 Å². The molecule has 0 spiro atoms. The molecular weight excluding hydrogens is 870 g/mol. The van der Waals surface area contributed by atoms with Crippen LogP contribution in [0.1, 0.15) is 11.1 Å². The SMILES string of the molecule is Cc1cc(-c2ccccc2)c2c(c1)c1cc(C)cc(-c3ccccc3)c1n2-c1cc2c3c(c1)N(c1ccc(-c4ccccc4)cc1)c1ccc(-c4ccccc4)cc1B3c1ccccc1N2c1ccccc1. The van der Waals surface area contributed by atoms with E-state index in [0.29, 0.717) is 0 Å². The van der Waals surface area contributed by atoms with Gasteiger partial charge in [0.15, 0.2) is 0 Å². The number of hydrogen-bond donors (Lipinski definition) is 0. The molecule has 0 fully saturated rings. The molecule has 11 aromatic carbocycles. The number of aryl methyl sites for hydroxylation is 2. The lowest BCUT2D eigenvalue weighted by molar-refractivity contribution is 1.16. The maximum absolute atomic E-state index is 2.61. The molecule has 0 saturated carbocycles. The minimum Gasteiger partial charge on any atom is -0.311 e. The lowest BCUT2D eigenvalue weighted by atomic mass is 9.33. The number of nitrogens with zero attached hydrogens (tertiary/aromatic N) is 3. The van der Waals surface area contributed by atoms with E-state index in [4.69, 9.17) is 0 Å². The number of rotatable bonds is 7. The first-order chi connectivity index (χ1) is 35.6. The van der Waals surface area contributed by atoms with Crippen molar-refractivity contribution < 1.29 is 0 Å². The molecule has 0 unspecified atom stereocenters. The summed E-state index contributed by atoms with van der Waals surface area (Å²) in [7, 11) is 0. The number of aromatic nitrogens is 1. The van der Waals surface area contributed by atoms with E-state index in [-0.39, 0.29) is 6.71 Å². The Hall–Kier alpha value is -9.12. The van der Waals surface area contributed by atoms with Crippen LogP contribution in [0.3, 0.4) is 0 Å². The summed E-state index contributed by atoms with van der Waals surface area (Å²) >= 11 is 0. The van der Waals surface area contributed by atoms with Gasteiger partial charge in [-0.3, -0.25) is 0 Å². The van der Waals surface area contributed by atoms with Gasteiger partial charge in [-0.15, -0.1) is 0 Å². The summed E-state index contributed by atoms with van der Waals surface area (Å²) in [6.45, 7) is 4.42. The first kappa shape index (κ1) is 41.8. The Labute approximate surface area is 421 Å². The fourth-order valence-electron chi connectivity index (χ4n) is 11.9. The van der Waals surface area contributed by atoms with Crippen molar-refractivity contribution in [2.75, 3.05) is 9.80 Å². The third-order valence-corrected chi connectivity index (χ3v) is 15.0. The highest BCUT2D eigenvalue weighted by atomic mass is 15.2. The highest BCUT2D eigenvalue weighted by Gasteiger charge is 2.44. The number of fused-ring (bicyclic) bond motifs is 7. The molecule has 0 aliphatic carbocycles. The van der Waals surface area contributed by atoms with Gasteiger partial charge in [-0.25, -0.2) is 0 Å². The number of hydrogen-bond acceptors (Lipinski definition) is 2. The van der Waals surface area contributed by atoms with Gasteiger partial charge in [0.2, 0.25) is 0 Å². The molecule has 2 aliphatic heterocycles. The van der Waals surface area contributed by atoms with Gasteiger partial charge < -0.3 is 14.4 Å². The highest BCUT2D eigenvalue weighted by molar-refractivity contribution is 7.00. The van der Waals surface area contributed by atoms with Crippen LogP contribution in [0.5, 0.6) is 0 Å². The largest absolute Gasteiger partial charge is 0.311 e. The Kier molecular flexibility index (Phi) is 9.75. The second-order valence-corrected chi connectivity index (χ2v) is 19.4. The Morgan fingerprint density at radius 1 is 0.292 bits per heavy atom. The predicted octanol–water partition coefficient (Wildman–Crippen LogP) is 16.2. The van der Waals surface area contributed by atoms with E-state index in [1.807, 2.05) is 0 Å². The number of para-hydroxylation sites is 2. The molecule has 0 atom stereocenters. The van der Waals surface area contributed by atoms with E-state index in [9.17, 15) is 0 Å². The van der Waals surface area contributed by atoms with E-state index in [0.717, 1.165) is 28.4 Å². The zero-order chi connectivity index (χ0) is 47.9. The summed E-state index contributed by atoms with van der Waals surface area (Å²) in [6.07, 6.45) is 0. The lowest BCUT2D eigenvalue weighted by Gasteiger charge is -2.44. The molecule has 3 nitrogen and oxygen atoms in total. The van der Waals surface area contributed by atoms with Crippen LogP contribution in [-0.2, 0) is 0 Å². The van der Waals surface area contributed by atoms with Crippen LogP contribution in [0, 0.1) is 13.8 Å². The molecule has 4 heteroatoms. The van der Waals surface area contributed by atoms with E-state index in [1.165, 1.54) is 105 Å². The Morgan fingerprint density at radius 2 is 0.708 bits per heavy atom. The Balaban J connectivity index is 1.14. The molecule has 12 aromatic rings. The molecule has 0 saturated heterocycles. The van der Waals surface area contributed by atoms with Crippen LogP contribution in [-0.4, -0.2) is 11.3 Å². The van der Waals surface area contributed by atoms with Crippen molar-refractivity contribution in [1.29, 1.82) is 0 Å². The molecule has 0 N–H and O–H groups in total. The van der Waals surface area contributed by atoms with Crippen molar-refractivity contribution in [2.24, 2.45) is 0 Å². The van der Waals surface area contributed by atoms with Crippen molar-refractivity contribution in [2.45, 2.75) is 13.8 Å². The van der Waals surface area contributed by atoms with Crippen molar-refractivity contribution in [3.8, 4) is 50.2 Å². The second-order valence-electron chi connectivity index (χ2n) is 19.4. The molecule has 3 heterocycles. The van der Waals surface area contributed by atoms with Gasteiger partial charge in [0, 0.05) is 56.0 Å². The fourth-order valence-corrected chi connectivity index (χ4v) is 11.9. The summed E-state index contributed by atoms with van der Waals surface area (Å²) in [5.74, 6) is 0. The van der Waals surface area contributed by atoms with Crippen molar-refractivity contribution >= 4 is 79.0 Å². The average molecular weight is 918 g/mol. The summed E-state index contributed by atoms with van der Waals surface area (Å²) < 4.78 is 2.61. The zero-order valence-corrected chi connectivity index (χ0v) is 40.2. The first-order valence-electron chi connectivity index (χ1n) is 25.0. The van der Waals surface area contributed by atoms with Crippen LogP contribution >= 0.6 is 0 Å². The van der Waals surface area contributed by atoms with Gasteiger partial charge in [0.25, 0.3) is 6.71 Å². The lowest BCUT2D eigenvalue weighted by Crippen LogP contribution is -2.61. The van der Waals surface area contributed by atoms with Crippen LogP contribution in [0.15, 0.2) is 255 Å². The van der Waals surface area contributed by atoms with E-state index in [1.54, 1.807) is 0 Å². The normalized spacial score (nSPS) is 12.5. The summed E-state index contributed by atoms with van der Waals surface area (Å²) in [6, 6.07) is 94.4. The molecule has 0 bridgehead atoms. The van der Waals surface area contributed by atoms with E-state index in [2.05, 4.69) is 283 Å². The van der Waals surface area contributed by atoms with Crippen molar-refractivity contribution in [1.82, 2.24) is 4.57 Å². The third-order valence-electron chi connectivity index (χ3n) is 15.0. The highest BCUT2D eigenvalue weighted by Crippen LogP contribution is 2.49. The molecule has 0 radical (unpaired) electrons. The Bertz CT molecular complexity index is 3930. The van der Waals surface area contributed by atoms with Crippen molar-refractivity contribution in [3.63, 3.8) is 0 Å². The minimum absolute atomic E-state index is 0.0538.